The number of hydrogen-bond donors (Lipinski definition) is 5. The number of ether oxygens (including phenoxy) is 1. The van der Waals surface area contributed by atoms with Crippen LogP contribution in [0.2, 0.25) is 0 Å². The molecule has 0 heterocycles. The van der Waals surface area contributed by atoms with Crippen molar-refractivity contribution in [2.24, 2.45) is 0 Å². The van der Waals surface area contributed by atoms with E-state index in [1.54, 1.807) is 24.3 Å². The van der Waals surface area contributed by atoms with E-state index in [0.717, 1.165) is 5.56 Å². The topological polar surface area (TPSA) is 155 Å². The third-order valence-corrected chi connectivity index (χ3v) is 4.14. The molecule has 0 unspecified atom stereocenters. The zero-order valence-corrected chi connectivity index (χ0v) is 18.2. The molecule has 5 amide bonds. The maximum absolute atomic E-state index is 12.0. The molecule has 0 bridgehead atoms. The first-order chi connectivity index (χ1) is 15.4. The number of anilines is 1. The molecule has 0 atom stereocenters. The standard InChI is InChI=1S/C21H31N5O6/c1-22-18(28)7-9-24-19(29)13-16-3-5-17(6-4-16)26-21(31)14-20(30)25-10-12-32-11-2-8-23-15-27/h3-6,15H,2,7-14H2,1H3,(H,22,28)(H,23,27)(H,24,29)(H,25,30)(H,26,31). The Morgan fingerprint density at radius 2 is 1.59 bits per heavy atom. The zero-order valence-electron chi connectivity index (χ0n) is 18.2. The lowest BCUT2D eigenvalue weighted by molar-refractivity contribution is -0.127. The number of amides is 5. The van der Waals surface area contributed by atoms with Gasteiger partial charge in [0.1, 0.15) is 6.42 Å². The van der Waals surface area contributed by atoms with Gasteiger partial charge in [0.2, 0.25) is 30.0 Å². The van der Waals surface area contributed by atoms with Crippen molar-refractivity contribution in [1.82, 2.24) is 21.3 Å². The molecular formula is C21H31N5O6. The van der Waals surface area contributed by atoms with Gasteiger partial charge in [0.15, 0.2) is 0 Å². The molecule has 32 heavy (non-hydrogen) atoms. The van der Waals surface area contributed by atoms with Crippen LogP contribution in [-0.4, -0.2) is 69.9 Å². The quantitative estimate of drug-likeness (QED) is 0.125. The molecule has 0 aliphatic carbocycles. The number of nitrogens with one attached hydrogen (secondary N) is 5. The molecule has 1 rings (SSSR count). The Balaban J connectivity index is 2.22. The first-order valence-electron chi connectivity index (χ1n) is 10.3. The summed E-state index contributed by atoms with van der Waals surface area (Å²) in [6, 6.07) is 6.71. The van der Waals surface area contributed by atoms with E-state index in [1.807, 2.05) is 0 Å². The molecule has 1 aromatic carbocycles. The van der Waals surface area contributed by atoms with Gasteiger partial charge in [-0.2, -0.15) is 0 Å². The lowest BCUT2D eigenvalue weighted by Gasteiger charge is -2.08. The Hall–Kier alpha value is -3.47. The average molecular weight is 450 g/mol. The molecule has 0 saturated heterocycles. The van der Waals surface area contributed by atoms with Crippen LogP contribution < -0.4 is 26.6 Å². The Morgan fingerprint density at radius 1 is 0.875 bits per heavy atom. The van der Waals surface area contributed by atoms with Crippen LogP contribution in [0.25, 0.3) is 0 Å². The molecule has 0 aromatic heterocycles. The van der Waals surface area contributed by atoms with Crippen molar-refractivity contribution in [2.75, 3.05) is 45.2 Å². The summed E-state index contributed by atoms with van der Waals surface area (Å²) in [5.41, 5.74) is 1.26. The maximum Gasteiger partial charge on any atom is 0.233 e. The van der Waals surface area contributed by atoms with Gasteiger partial charge in [0, 0.05) is 45.4 Å². The molecule has 11 nitrogen and oxygen atoms in total. The van der Waals surface area contributed by atoms with Crippen molar-refractivity contribution >= 4 is 35.7 Å². The minimum absolute atomic E-state index is 0.146. The van der Waals surface area contributed by atoms with Crippen LogP contribution >= 0.6 is 0 Å². The van der Waals surface area contributed by atoms with Crippen molar-refractivity contribution in [3.05, 3.63) is 29.8 Å². The van der Waals surface area contributed by atoms with E-state index in [0.29, 0.717) is 38.3 Å². The first-order valence-corrected chi connectivity index (χ1v) is 10.3. The molecule has 1 aromatic rings. The predicted molar refractivity (Wildman–Crippen MR) is 118 cm³/mol. The number of benzene rings is 1. The highest BCUT2D eigenvalue weighted by Gasteiger charge is 2.10. The molecule has 0 saturated carbocycles. The van der Waals surface area contributed by atoms with Crippen LogP contribution in [0.3, 0.4) is 0 Å². The minimum atomic E-state index is -0.456. The van der Waals surface area contributed by atoms with Gasteiger partial charge in [-0.1, -0.05) is 12.1 Å². The highest BCUT2D eigenvalue weighted by molar-refractivity contribution is 6.03. The van der Waals surface area contributed by atoms with Crippen molar-refractivity contribution in [2.45, 2.75) is 25.7 Å². The van der Waals surface area contributed by atoms with Crippen LogP contribution in [0, 0.1) is 0 Å². The maximum atomic E-state index is 12.0. The molecule has 0 spiro atoms. The van der Waals surface area contributed by atoms with Crippen molar-refractivity contribution in [1.29, 1.82) is 0 Å². The van der Waals surface area contributed by atoms with E-state index in [-0.39, 0.29) is 44.2 Å². The average Bonchev–Trinajstić information content (AvgIpc) is 2.76. The minimum Gasteiger partial charge on any atom is -0.380 e. The highest BCUT2D eigenvalue weighted by atomic mass is 16.5. The third-order valence-electron chi connectivity index (χ3n) is 4.14. The van der Waals surface area contributed by atoms with E-state index in [4.69, 9.17) is 4.74 Å². The Bertz CT molecular complexity index is 754. The van der Waals surface area contributed by atoms with Crippen molar-refractivity contribution in [3.8, 4) is 0 Å². The zero-order chi connectivity index (χ0) is 23.6. The summed E-state index contributed by atoms with van der Waals surface area (Å²) in [4.78, 5) is 56.8. The Morgan fingerprint density at radius 3 is 2.28 bits per heavy atom. The van der Waals surface area contributed by atoms with Crippen LogP contribution in [-0.2, 0) is 35.1 Å². The van der Waals surface area contributed by atoms with Gasteiger partial charge in [0.05, 0.1) is 13.0 Å². The van der Waals surface area contributed by atoms with Crippen LogP contribution in [0.5, 0.6) is 0 Å². The van der Waals surface area contributed by atoms with Gasteiger partial charge < -0.3 is 31.3 Å². The Labute approximate surface area is 187 Å². The van der Waals surface area contributed by atoms with E-state index in [2.05, 4.69) is 26.6 Å². The van der Waals surface area contributed by atoms with E-state index in [9.17, 15) is 24.0 Å². The molecule has 0 radical (unpaired) electrons. The van der Waals surface area contributed by atoms with Gasteiger partial charge in [-0.3, -0.25) is 24.0 Å². The lowest BCUT2D eigenvalue weighted by Crippen LogP contribution is -2.31. The second kappa shape index (κ2) is 16.3. The van der Waals surface area contributed by atoms with Gasteiger partial charge in [0.25, 0.3) is 0 Å². The van der Waals surface area contributed by atoms with Gasteiger partial charge in [-0.25, -0.2) is 0 Å². The van der Waals surface area contributed by atoms with Crippen LogP contribution in [0.15, 0.2) is 24.3 Å². The SMILES string of the molecule is CNC(=O)CCNC(=O)Cc1ccc(NC(=O)CC(=O)NCCOCCCNC=O)cc1. The smallest absolute Gasteiger partial charge is 0.233 e. The van der Waals surface area contributed by atoms with Crippen molar-refractivity contribution < 1.29 is 28.7 Å². The first kappa shape index (κ1) is 26.6. The highest BCUT2D eigenvalue weighted by Crippen LogP contribution is 2.10. The second-order valence-electron chi connectivity index (χ2n) is 6.76. The Kier molecular flexibility index (Phi) is 13.5. The number of hydrogen-bond acceptors (Lipinski definition) is 6. The third kappa shape index (κ3) is 13.0. The summed E-state index contributed by atoms with van der Waals surface area (Å²) in [6.45, 7) is 1.86. The fourth-order valence-electron chi connectivity index (χ4n) is 2.51. The van der Waals surface area contributed by atoms with Gasteiger partial charge >= 0.3 is 0 Å². The van der Waals surface area contributed by atoms with Crippen LogP contribution in [0.1, 0.15) is 24.8 Å². The molecule has 5 N–H and O–H groups in total. The van der Waals surface area contributed by atoms with Crippen molar-refractivity contribution in [3.63, 3.8) is 0 Å². The summed E-state index contributed by atoms with van der Waals surface area (Å²) in [7, 11) is 1.53. The molecule has 0 aliphatic rings. The molecular weight excluding hydrogens is 418 g/mol. The fraction of sp³-hybridized carbons (Fsp3) is 0.476. The summed E-state index contributed by atoms with van der Waals surface area (Å²) in [6.07, 6.45) is 1.35. The fourth-order valence-corrected chi connectivity index (χ4v) is 2.51. The number of rotatable bonds is 16. The normalized spacial score (nSPS) is 10.0. The summed E-state index contributed by atoms with van der Waals surface area (Å²) in [5.74, 6) is -1.22. The summed E-state index contributed by atoms with van der Waals surface area (Å²) < 4.78 is 5.29. The molecule has 11 heteroatoms. The molecule has 0 aliphatic heterocycles. The molecule has 0 fully saturated rings. The number of carbonyl (C=O) groups excluding carboxylic acids is 5. The van der Waals surface area contributed by atoms with E-state index in [1.165, 1.54) is 7.05 Å². The second-order valence-corrected chi connectivity index (χ2v) is 6.76. The van der Waals surface area contributed by atoms with E-state index >= 15 is 0 Å². The van der Waals surface area contributed by atoms with E-state index < -0.39 is 11.8 Å². The monoisotopic (exact) mass is 449 g/mol. The van der Waals surface area contributed by atoms with Gasteiger partial charge in [-0.15, -0.1) is 0 Å². The molecule has 176 valence electrons. The summed E-state index contributed by atoms with van der Waals surface area (Å²) >= 11 is 0. The van der Waals surface area contributed by atoms with Gasteiger partial charge in [-0.05, 0) is 24.1 Å². The predicted octanol–water partition coefficient (Wildman–Crippen LogP) is -0.921. The largest absolute Gasteiger partial charge is 0.380 e. The summed E-state index contributed by atoms with van der Waals surface area (Å²) in [5, 5.41) is 12.9. The lowest BCUT2D eigenvalue weighted by atomic mass is 10.1. The number of carbonyl (C=O) groups is 5. The van der Waals surface area contributed by atoms with Crippen LogP contribution in [0.4, 0.5) is 5.69 Å².